The molecule has 0 aliphatic carbocycles. The van der Waals surface area contributed by atoms with Crippen molar-refractivity contribution in [2.75, 3.05) is 11.5 Å². The minimum atomic E-state index is -1.73. The van der Waals surface area contributed by atoms with Crippen molar-refractivity contribution in [3.63, 3.8) is 0 Å². The Morgan fingerprint density at radius 1 is 1.11 bits per heavy atom. The summed E-state index contributed by atoms with van der Waals surface area (Å²) < 4.78 is 1.08. The Bertz CT molecular complexity index is 1390. The van der Waals surface area contributed by atoms with Gasteiger partial charge in [-0.25, -0.2) is 0 Å². The highest BCUT2D eigenvalue weighted by Crippen LogP contribution is 2.45. The largest absolute Gasteiger partial charge is 0.394 e. The molecule has 0 radical (unpaired) electrons. The lowest BCUT2D eigenvalue weighted by Crippen LogP contribution is -2.46. The van der Waals surface area contributed by atoms with Crippen LogP contribution in [0.4, 0.5) is 5.69 Å². The van der Waals surface area contributed by atoms with Gasteiger partial charge in [-0.15, -0.1) is 0 Å². The van der Waals surface area contributed by atoms with Gasteiger partial charge in [0.2, 0.25) is 5.91 Å². The predicted octanol–water partition coefficient (Wildman–Crippen LogP) is 4.55. The lowest BCUT2D eigenvalue weighted by Gasteiger charge is -2.36. The lowest BCUT2D eigenvalue weighted by molar-refractivity contribution is -0.139. The Labute approximate surface area is 236 Å². The van der Waals surface area contributed by atoms with Gasteiger partial charge in [0.25, 0.3) is 5.91 Å². The molecular formula is C31H31IN2O4. The molecule has 2 aliphatic heterocycles. The molecule has 0 spiro atoms. The Morgan fingerprint density at radius 3 is 2.61 bits per heavy atom. The van der Waals surface area contributed by atoms with Crippen LogP contribution in [0.5, 0.6) is 0 Å². The predicted molar refractivity (Wildman–Crippen MR) is 155 cm³/mol. The molecule has 3 atom stereocenters. The zero-order chi connectivity index (χ0) is 26.9. The number of halogens is 1. The Kier molecular flexibility index (Phi) is 7.70. The minimum Gasteiger partial charge on any atom is -0.394 e. The third-order valence-corrected chi connectivity index (χ3v) is 8.34. The number of amides is 2. The molecule has 2 aliphatic rings. The molecule has 0 unspecified atom stereocenters. The number of anilines is 1. The monoisotopic (exact) mass is 622 g/mol. The molecule has 3 aromatic rings. The van der Waals surface area contributed by atoms with Crippen molar-refractivity contribution in [3.05, 3.63) is 111 Å². The molecular weight excluding hydrogens is 591 g/mol. The number of aliphatic hydroxyl groups excluding tert-OH is 1. The zero-order valence-electron chi connectivity index (χ0n) is 21.3. The number of benzene rings is 3. The molecule has 6 nitrogen and oxygen atoms in total. The number of rotatable bonds is 7. The first kappa shape index (κ1) is 26.6. The van der Waals surface area contributed by atoms with Crippen molar-refractivity contribution in [1.29, 1.82) is 0 Å². The minimum absolute atomic E-state index is 0.0903. The summed E-state index contributed by atoms with van der Waals surface area (Å²) in [6.07, 6.45) is 4.24. The van der Waals surface area contributed by atoms with Crippen LogP contribution in [0.3, 0.4) is 0 Å². The highest BCUT2D eigenvalue weighted by molar-refractivity contribution is 14.1. The maximum atomic E-state index is 13.7. The second kappa shape index (κ2) is 11.0. The van der Waals surface area contributed by atoms with Crippen molar-refractivity contribution >= 4 is 40.1 Å². The fourth-order valence-electron chi connectivity index (χ4n) is 5.55. The highest BCUT2D eigenvalue weighted by Gasteiger charge is 2.52. The summed E-state index contributed by atoms with van der Waals surface area (Å²) in [5.41, 5.74) is 2.80. The number of hydrogen-bond donors (Lipinski definition) is 2. The van der Waals surface area contributed by atoms with Crippen LogP contribution in [0.15, 0.2) is 84.9 Å². The summed E-state index contributed by atoms with van der Waals surface area (Å²) in [5.74, 6) is -1.01. The summed E-state index contributed by atoms with van der Waals surface area (Å²) >= 11 is 2.25. The van der Waals surface area contributed by atoms with Gasteiger partial charge in [-0.2, -0.15) is 0 Å². The van der Waals surface area contributed by atoms with Crippen LogP contribution in [-0.4, -0.2) is 39.6 Å². The van der Waals surface area contributed by atoms with Gasteiger partial charge in [0, 0.05) is 28.0 Å². The van der Waals surface area contributed by atoms with Crippen LogP contribution < -0.4 is 4.90 Å². The van der Waals surface area contributed by atoms with Gasteiger partial charge in [0.15, 0.2) is 5.60 Å². The summed E-state index contributed by atoms with van der Waals surface area (Å²) in [6.45, 7) is 2.54. The van der Waals surface area contributed by atoms with Crippen molar-refractivity contribution in [3.8, 4) is 0 Å². The van der Waals surface area contributed by atoms with E-state index in [1.54, 1.807) is 34.9 Å². The Morgan fingerprint density at radius 2 is 1.84 bits per heavy atom. The fraction of sp³-hybridized carbons (Fsp3) is 0.290. The molecule has 0 aromatic heterocycles. The van der Waals surface area contributed by atoms with Gasteiger partial charge in [-0.1, -0.05) is 73.7 Å². The summed E-state index contributed by atoms with van der Waals surface area (Å²) in [5, 5.41) is 21.7. The molecule has 196 valence electrons. The van der Waals surface area contributed by atoms with Crippen molar-refractivity contribution in [2.45, 2.75) is 44.5 Å². The van der Waals surface area contributed by atoms with E-state index in [2.05, 4.69) is 22.6 Å². The standard InChI is InChI=1S/C31H31IN2O4/c1-21(8-6-15-29(36)33-19-24-11-3-2-10-23(24)17-26(33)20-35)31(38)27-13-4-5-14-28(27)34(30(31)37)18-22-9-7-12-25(32)16-22/h2-14,16,21,26,35,38H,15,17-20H2,1H3/b8-6+/t21-,26-,31+/m0/s1. The molecule has 0 saturated carbocycles. The van der Waals surface area contributed by atoms with Crippen LogP contribution in [0.25, 0.3) is 0 Å². The first-order valence-corrected chi connectivity index (χ1v) is 13.9. The molecule has 5 rings (SSSR count). The van der Waals surface area contributed by atoms with E-state index in [4.69, 9.17) is 0 Å². The van der Waals surface area contributed by atoms with Crippen molar-refractivity contribution in [1.82, 2.24) is 4.90 Å². The van der Waals surface area contributed by atoms with Gasteiger partial charge in [-0.05, 0) is 63.9 Å². The highest BCUT2D eigenvalue weighted by atomic mass is 127. The Hall–Kier alpha value is -3.01. The van der Waals surface area contributed by atoms with E-state index in [1.165, 1.54) is 0 Å². The van der Waals surface area contributed by atoms with Crippen LogP contribution in [0.2, 0.25) is 0 Å². The smallest absolute Gasteiger partial charge is 0.264 e. The van der Waals surface area contributed by atoms with E-state index in [1.807, 2.05) is 66.7 Å². The number of aliphatic hydroxyl groups is 2. The molecule has 0 saturated heterocycles. The molecule has 3 aromatic carbocycles. The van der Waals surface area contributed by atoms with Gasteiger partial charge in [-0.3, -0.25) is 9.59 Å². The second-order valence-electron chi connectivity index (χ2n) is 10.1. The van der Waals surface area contributed by atoms with Crippen LogP contribution >= 0.6 is 22.6 Å². The summed E-state index contributed by atoms with van der Waals surface area (Å²) in [7, 11) is 0. The second-order valence-corrected chi connectivity index (χ2v) is 11.3. The topological polar surface area (TPSA) is 81.1 Å². The third kappa shape index (κ3) is 4.90. The van der Waals surface area contributed by atoms with Crippen LogP contribution in [0.1, 0.15) is 35.6 Å². The van der Waals surface area contributed by atoms with Crippen molar-refractivity contribution < 1.29 is 19.8 Å². The summed E-state index contributed by atoms with van der Waals surface area (Å²) in [6, 6.07) is 23.1. The number of carbonyl (C=O) groups is 2. The van der Waals surface area contributed by atoms with E-state index in [-0.39, 0.29) is 30.9 Å². The molecule has 0 bridgehead atoms. The van der Waals surface area contributed by atoms with Gasteiger partial charge in [0.05, 0.1) is 24.9 Å². The maximum Gasteiger partial charge on any atom is 0.264 e. The zero-order valence-corrected chi connectivity index (χ0v) is 23.4. The maximum absolute atomic E-state index is 13.7. The van der Waals surface area contributed by atoms with Gasteiger partial charge >= 0.3 is 0 Å². The third-order valence-electron chi connectivity index (χ3n) is 7.67. The number of hydrogen-bond acceptors (Lipinski definition) is 4. The lowest BCUT2D eigenvalue weighted by atomic mass is 9.83. The number of nitrogens with zero attached hydrogens (tertiary/aromatic N) is 2. The molecule has 0 fully saturated rings. The molecule has 2 amide bonds. The number of para-hydroxylation sites is 1. The molecule has 2 N–H and O–H groups in total. The molecule has 2 heterocycles. The van der Waals surface area contributed by atoms with E-state index >= 15 is 0 Å². The van der Waals surface area contributed by atoms with E-state index in [0.717, 1.165) is 20.3 Å². The average Bonchev–Trinajstić information content (AvgIpc) is 3.15. The Balaban J connectivity index is 1.32. The quantitative estimate of drug-likeness (QED) is 0.300. The van der Waals surface area contributed by atoms with E-state index in [0.29, 0.717) is 30.8 Å². The number of fused-ring (bicyclic) bond motifs is 2. The SMILES string of the molecule is C[C@@H](/C=C/CC(=O)N1Cc2ccccc2C[C@H]1CO)[C@]1(O)C(=O)N(Cc2cccc(I)c2)c2ccccc21. The van der Waals surface area contributed by atoms with Crippen LogP contribution in [-0.2, 0) is 34.7 Å². The van der Waals surface area contributed by atoms with E-state index < -0.39 is 11.5 Å². The normalized spacial score (nSPS) is 21.5. The van der Waals surface area contributed by atoms with Crippen molar-refractivity contribution in [2.24, 2.45) is 5.92 Å². The molecule has 38 heavy (non-hydrogen) atoms. The number of carbonyl (C=O) groups excluding carboxylic acids is 2. The fourth-order valence-corrected chi connectivity index (χ4v) is 6.16. The first-order chi connectivity index (χ1) is 18.3. The van der Waals surface area contributed by atoms with Gasteiger partial charge < -0.3 is 20.0 Å². The first-order valence-electron chi connectivity index (χ1n) is 12.8. The summed E-state index contributed by atoms with van der Waals surface area (Å²) in [4.78, 5) is 30.2. The molecule has 7 heteroatoms. The van der Waals surface area contributed by atoms with Crippen LogP contribution in [0, 0.1) is 9.49 Å². The average molecular weight is 623 g/mol. The van der Waals surface area contributed by atoms with Gasteiger partial charge in [0.1, 0.15) is 0 Å². The van der Waals surface area contributed by atoms with E-state index in [9.17, 15) is 19.8 Å².